The molecule has 0 saturated heterocycles. The molecule has 0 unspecified atom stereocenters. The lowest BCUT2D eigenvalue weighted by Crippen LogP contribution is -2.14. The second kappa shape index (κ2) is 6.62. The Hall–Kier alpha value is -1.06. The van der Waals surface area contributed by atoms with Crippen LogP contribution in [-0.2, 0) is 4.79 Å². The summed E-state index contributed by atoms with van der Waals surface area (Å²) in [5, 5.41) is 0.0661. The molecule has 1 aromatic rings. The minimum atomic E-state index is -1.15. The molecular weight excluding hydrogens is 244 g/mol. The zero-order chi connectivity index (χ0) is 12.7. The number of hydrogen-bond acceptors (Lipinski definition) is 2. The van der Waals surface area contributed by atoms with Crippen molar-refractivity contribution < 1.29 is 4.79 Å². The molecule has 0 fully saturated rings. The molecule has 17 heavy (non-hydrogen) atoms. The molecule has 0 atom stereocenters. The second-order valence-electron chi connectivity index (χ2n) is 4.82. The highest BCUT2D eigenvalue weighted by Gasteiger charge is 2.05. The third-order valence-electron chi connectivity index (χ3n) is 1.90. The van der Waals surface area contributed by atoms with E-state index in [2.05, 4.69) is 25.3 Å². The molecule has 1 aromatic carbocycles. The number of carbonyl (C=O) groups excluding carboxylic acids is 1. The lowest BCUT2D eigenvalue weighted by Gasteiger charge is -2.06. The Morgan fingerprint density at radius 2 is 1.76 bits per heavy atom. The monoisotopic (exact) mass is 262 g/mol. The van der Waals surface area contributed by atoms with Gasteiger partial charge in [-0.05, 0) is 30.0 Å². The van der Waals surface area contributed by atoms with Crippen LogP contribution in [0.1, 0.15) is 0 Å². The predicted molar refractivity (Wildman–Crippen MR) is 78.9 cm³/mol. The molecule has 0 spiro atoms. The molecule has 0 saturated carbocycles. The summed E-state index contributed by atoms with van der Waals surface area (Å²) >= 11 is 1.25. The van der Waals surface area contributed by atoms with Crippen LogP contribution in [0.25, 0.3) is 0 Å². The first-order chi connectivity index (χ1) is 7.97. The minimum Gasteiger partial charge on any atom is -0.282 e. The van der Waals surface area contributed by atoms with Crippen molar-refractivity contribution in [3.63, 3.8) is 0 Å². The van der Waals surface area contributed by atoms with E-state index in [1.807, 2.05) is 42.5 Å². The highest BCUT2D eigenvalue weighted by Crippen LogP contribution is 2.18. The molecule has 0 N–H and O–H groups in total. The number of thioether (sulfide) groups is 1. The highest BCUT2D eigenvalue weighted by molar-refractivity contribution is 8.14. The highest BCUT2D eigenvalue weighted by atomic mass is 32.2. The number of carbonyl (C=O) groups is 1. The van der Waals surface area contributed by atoms with Crippen molar-refractivity contribution in [2.24, 2.45) is 0 Å². The van der Waals surface area contributed by atoms with Gasteiger partial charge in [0.05, 0.1) is 8.07 Å². The van der Waals surface area contributed by atoms with E-state index in [9.17, 15) is 4.79 Å². The number of rotatable bonds is 4. The quantitative estimate of drug-likeness (QED) is 0.348. The average molecular weight is 262 g/mol. The fourth-order valence-electron chi connectivity index (χ4n) is 1.12. The van der Waals surface area contributed by atoms with Crippen LogP contribution in [0.4, 0.5) is 0 Å². The van der Waals surface area contributed by atoms with Crippen molar-refractivity contribution in [2.75, 3.05) is 0 Å². The lowest BCUT2D eigenvalue weighted by molar-refractivity contribution is -0.107. The van der Waals surface area contributed by atoms with Gasteiger partial charge in [0.25, 0.3) is 0 Å². The topological polar surface area (TPSA) is 17.1 Å². The fraction of sp³-hybridized carbons (Fsp3) is 0.214. The van der Waals surface area contributed by atoms with Crippen LogP contribution in [0.3, 0.4) is 0 Å². The Labute approximate surface area is 109 Å². The van der Waals surface area contributed by atoms with Gasteiger partial charge in [0.15, 0.2) is 0 Å². The molecule has 0 aliphatic rings. The molecule has 0 bridgehead atoms. The zero-order valence-corrected chi connectivity index (χ0v) is 12.3. The Morgan fingerprint density at radius 1 is 1.12 bits per heavy atom. The van der Waals surface area contributed by atoms with Gasteiger partial charge in [0.1, 0.15) is 0 Å². The van der Waals surface area contributed by atoms with Crippen molar-refractivity contribution in [3.05, 3.63) is 54.3 Å². The summed E-state index contributed by atoms with van der Waals surface area (Å²) < 4.78 is 0. The smallest absolute Gasteiger partial charge is 0.216 e. The van der Waals surface area contributed by atoms with Gasteiger partial charge in [-0.3, -0.25) is 4.79 Å². The summed E-state index contributed by atoms with van der Waals surface area (Å²) in [6.07, 6.45) is 5.43. The van der Waals surface area contributed by atoms with E-state index in [1.165, 1.54) is 11.8 Å². The summed E-state index contributed by atoms with van der Waals surface area (Å²) in [5.74, 6) is 0. The van der Waals surface area contributed by atoms with Crippen molar-refractivity contribution in [2.45, 2.75) is 24.5 Å². The number of benzene rings is 1. The van der Waals surface area contributed by atoms with E-state index in [4.69, 9.17) is 0 Å². The minimum absolute atomic E-state index is 0.0661. The first-order valence-electron chi connectivity index (χ1n) is 5.60. The van der Waals surface area contributed by atoms with Crippen LogP contribution in [0, 0.1) is 0 Å². The van der Waals surface area contributed by atoms with Crippen molar-refractivity contribution in [3.8, 4) is 0 Å². The maximum atomic E-state index is 11.6. The van der Waals surface area contributed by atoms with E-state index in [1.54, 1.807) is 6.08 Å². The maximum absolute atomic E-state index is 11.6. The summed E-state index contributed by atoms with van der Waals surface area (Å²) in [6.45, 7) is 6.79. The van der Waals surface area contributed by atoms with Gasteiger partial charge in [0, 0.05) is 4.90 Å². The molecule has 0 radical (unpaired) electrons. The van der Waals surface area contributed by atoms with Crippen molar-refractivity contribution in [1.82, 2.24) is 0 Å². The number of allylic oxidation sites excluding steroid dienone is 2. The van der Waals surface area contributed by atoms with E-state index >= 15 is 0 Å². The molecule has 1 nitrogen and oxygen atoms in total. The fourth-order valence-corrected chi connectivity index (χ4v) is 2.48. The maximum Gasteiger partial charge on any atom is 0.216 e. The average Bonchev–Trinajstić information content (AvgIpc) is 2.25. The second-order valence-corrected chi connectivity index (χ2v) is 11.0. The Morgan fingerprint density at radius 3 is 2.35 bits per heavy atom. The van der Waals surface area contributed by atoms with Gasteiger partial charge >= 0.3 is 0 Å². The van der Waals surface area contributed by atoms with Crippen LogP contribution < -0.4 is 0 Å². The first kappa shape index (κ1) is 14.0. The molecule has 0 aliphatic carbocycles. The summed E-state index contributed by atoms with van der Waals surface area (Å²) in [6, 6.07) is 9.69. The van der Waals surface area contributed by atoms with Crippen molar-refractivity contribution >= 4 is 25.0 Å². The Bertz CT molecular complexity index is 416. The SMILES string of the molecule is C[Si](C)(C)/C=C/C=C/C(=O)Sc1ccccc1. The van der Waals surface area contributed by atoms with Crippen LogP contribution in [0.15, 0.2) is 59.2 Å². The van der Waals surface area contributed by atoms with Crippen LogP contribution >= 0.6 is 11.8 Å². The lowest BCUT2D eigenvalue weighted by atomic mass is 10.4. The van der Waals surface area contributed by atoms with E-state index in [0.29, 0.717) is 0 Å². The van der Waals surface area contributed by atoms with E-state index < -0.39 is 8.07 Å². The van der Waals surface area contributed by atoms with Gasteiger partial charge in [0.2, 0.25) is 5.12 Å². The van der Waals surface area contributed by atoms with E-state index in [0.717, 1.165) is 4.90 Å². The number of hydrogen-bond donors (Lipinski definition) is 0. The van der Waals surface area contributed by atoms with Gasteiger partial charge in [-0.1, -0.05) is 55.7 Å². The normalized spacial score (nSPS) is 12.4. The molecule has 0 aliphatic heterocycles. The Balaban J connectivity index is 2.46. The van der Waals surface area contributed by atoms with Crippen LogP contribution in [0.5, 0.6) is 0 Å². The summed E-state index contributed by atoms with van der Waals surface area (Å²) in [7, 11) is -1.15. The summed E-state index contributed by atoms with van der Waals surface area (Å²) in [4.78, 5) is 12.6. The molecule has 1 rings (SSSR count). The largest absolute Gasteiger partial charge is 0.282 e. The molecule has 90 valence electrons. The van der Waals surface area contributed by atoms with Crippen LogP contribution in [-0.4, -0.2) is 13.2 Å². The van der Waals surface area contributed by atoms with Crippen molar-refractivity contribution in [1.29, 1.82) is 0 Å². The zero-order valence-electron chi connectivity index (χ0n) is 10.5. The van der Waals surface area contributed by atoms with Gasteiger partial charge in [-0.15, -0.1) is 0 Å². The molecular formula is C14H18OSSi. The van der Waals surface area contributed by atoms with Gasteiger partial charge in [-0.25, -0.2) is 0 Å². The first-order valence-corrected chi connectivity index (χ1v) is 9.99. The Kier molecular flexibility index (Phi) is 5.45. The summed E-state index contributed by atoms with van der Waals surface area (Å²) in [5.41, 5.74) is 2.21. The third-order valence-corrected chi connectivity index (χ3v) is 3.94. The van der Waals surface area contributed by atoms with Gasteiger partial charge < -0.3 is 0 Å². The molecule has 3 heteroatoms. The van der Waals surface area contributed by atoms with Crippen LogP contribution in [0.2, 0.25) is 19.6 Å². The molecule has 0 amide bonds. The standard InChI is InChI=1S/C14H18OSSi/c1-17(2,3)12-8-7-11-14(15)16-13-9-5-4-6-10-13/h4-12H,1-3H3/b11-7+,12-8+. The van der Waals surface area contributed by atoms with Gasteiger partial charge in [-0.2, -0.15) is 0 Å². The third kappa shape index (κ3) is 6.97. The van der Waals surface area contributed by atoms with E-state index in [-0.39, 0.29) is 5.12 Å². The predicted octanol–water partition coefficient (Wildman–Crippen LogP) is 4.30. The molecule has 0 heterocycles. The molecule has 0 aromatic heterocycles.